The van der Waals surface area contributed by atoms with Crippen LogP contribution in [0.25, 0.3) is 0 Å². The van der Waals surface area contributed by atoms with E-state index in [4.69, 9.17) is 0 Å². The lowest BCUT2D eigenvalue weighted by Gasteiger charge is -2.34. The van der Waals surface area contributed by atoms with E-state index in [1.54, 1.807) is 16.7 Å². The van der Waals surface area contributed by atoms with Crippen molar-refractivity contribution in [1.29, 1.82) is 0 Å². The van der Waals surface area contributed by atoms with Gasteiger partial charge in [-0.25, -0.2) is 0 Å². The van der Waals surface area contributed by atoms with Crippen LogP contribution in [0.15, 0.2) is 48.5 Å². The maximum absolute atomic E-state index is 12.9. The topological polar surface area (TPSA) is 73.0 Å². The van der Waals surface area contributed by atoms with Crippen molar-refractivity contribution < 1.29 is 14.4 Å². The highest BCUT2D eigenvalue weighted by molar-refractivity contribution is 5.99. The van der Waals surface area contributed by atoms with Gasteiger partial charge in [-0.3, -0.25) is 14.4 Å². The van der Waals surface area contributed by atoms with Gasteiger partial charge in [0.2, 0.25) is 5.91 Å². The van der Waals surface area contributed by atoms with Gasteiger partial charge in [-0.1, -0.05) is 32.0 Å². The van der Waals surface area contributed by atoms with Crippen LogP contribution in [0.4, 0.5) is 5.69 Å². The smallest absolute Gasteiger partial charge is 0.256 e. The van der Waals surface area contributed by atoms with Crippen LogP contribution in [-0.2, 0) is 4.79 Å². The van der Waals surface area contributed by atoms with Gasteiger partial charge in [-0.2, -0.15) is 0 Å². The molecule has 2 aromatic carbocycles. The fourth-order valence-corrected chi connectivity index (χ4v) is 4.38. The van der Waals surface area contributed by atoms with Crippen LogP contribution in [-0.4, -0.2) is 65.1 Å². The van der Waals surface area contributed by atoms with Gasteiger partial charge in [-0.05, 0) is 36.2 Å². The molecule has 2 aromatic rings. The van der Waals surface area contributed by atoms with Crippen molar-refractivity contribution in [2.24, 2.45) is 5.92 Å². The first kappa shape index (κ1) is 21.9. The van der Waals surface area contributed by atoms with E-state index < -0.39 is 0 Å². The van der Waals surface area contributed by atoms with E-state index in [0.717, 1.165) is 16.8 Å². The van der Waals surface area contributed by atoms with Gasteiger partial charge >= 0.3 is 0 Å². The van der Waals surface area contributed by atoms with E-state index >= 15 is 0 Å². The highest BCUT2D eigenvalue weighted by atomic mass is 16.2. The number of benzene rings is 2. The maximum Gasteiger partial charge on any atom is 0.256 e. The second kappa shape index (κ2) is 9.02. The summed E-state index contributed by atoms with van der Waals surface area (Å²) in [4.78, 5) is 42.7. The van der Waals surface area contributed by atoms with E-state index in [1.807, 2.05) is 53.4 Å². The van der Waals surface area contributed by atoms with Crippen LogP contribution in [0, 0.1) is 5.92 Å². The number of anilines is 1. The number of rotatable bonds is 5. The summed E-state index contributed by atoms with van der Waals surface area (Å²) in [6.07, 6.45) is -0.234. The van der Waals surface area contributed by atoms with Gasteiger partial charge < -0.3 is 20.0 Å². The van der Waals surface area contributed by atoms with E-state index in [9.17, 15) is 14.4 Å². The summed E-state index contributed by atoms with van der Waals surface area (Å²) in [5, 5.41) is 3.48. The fourth-order valence-electron chi connectivity index (χ4n) is 4.38. The third kappa shape index (κ3) is 4.33. The first-order valence-corrected chi connectivity index (χ1v) is 11.2. The molecule has 32 heavy (non-hydrogen) atoms. The Bertz CT molecular complexity index is 1010. The lowest BCUT2D eigenvalue weighted by Crippen LogP contribution is -2.50. The first-order chi connectivity index (χ1) is 15.3. The predicted molar refractivity (Wildman–Crippen MR) is 123 cm³/mol. The average molecular weight is 435 g/mol. The van der Waals surface area contributed by atoms with Gasteiger partial charge in [-0.15, -0.1) is 0 Å². The van der Waals surface area contributed by atoms with E-state index in [-0.39, 0.29) is 23.9 Å². The van der Waals surface area contributed by atoms with E-state index in [2.05, 4.69) is 19.2 Å². The van der Waals surface area contributed by atoms with Crippen LogP contribution in [0.5, 0.6) is 0 Å². The summed E-state index contributed by atoms with van der Waals surface area (Å²) >= 11 is 0. The summed E-state index contributed by atoms with van der Waals surface area (Å²) < 4.78 is 0. The number of nitrogens with zero attached hydrogens (tertiary/aromatic N) is 3. The summed E-state index contributed by atoms with van der Waals surface area (Å²) in [7, 11) is 0. The Hall–Kier alpha value is -3.35. The van der Waals surface area contributed by atoms with Crippen molar-refractivity contribution in [2.75, 3.05) is 38.0 Å². The molecule has 4 rings (SSSR count). The van der Waals surface area contributed by atoms with Crippen LogP contribution >= 0.6 is 0 Å². The third-order valence-corrected chi connectivity index (χ3v) is 6.07. The number of carbonyl (C=O) groups excluding carboxylic acids is 3. The molecule has 1 saturated heterocycles. The molecule has 1 atom stereocenters. The molecule has 0 aromatic heterocycles. The van der Waals surface area contributed by atoms with Crippen molar-refractivity contribution in [1.82, 2.24) is 14.7 Å². The number of nitrogens with one attached hydrogen (secondary N) is 1. The maximum atomic E-state index is 12.9. The molecule has 168 valence electrons. The number of hydrogen-bond donors (Lipinski definition) is 1. The molecule has 0 radical (unpaired) electrons. The molecule has 1 unspecified atom stereocenters. The molecule has 0 spiro atoms. The molecule has 0 saturated carbocycles. The zero-order chi connectivity index (χ0) is 22.8. The Balaban J connectivity index is 1.46. The van der Waals surface area contributed by atoms with Crippen molar-refractivity contribution in [2.45, 2.75) is 26.9 Å². The number of carbonyl (C=O) groups is 3. The zero-order valence-electron chi connectivity index (χ0n) is 18.9. The Morgan fingerprint density at radius 1 is 0.969 bits per heavy atom. The second-order valence-electron chi connectivity index (χ2n) is 8.86. The Morgan fingerprint density at radius 2 is 1.59 bits per heavy atom. The Kier molecular flexibility index (Phi) is 6.17. The van der Waals surface area contributed by atoms with Crippen molar-refractivity contribution in [3.05, 3.63) is 65.2 Å². The molecule has 3 amide bonds. The number of hydrogen-bond acceptors (Lipinski definition) is 4. The highest BCUT2D eigenvalue weighted by Gasteiger charge is 2.36. The standard InChI is InChI=1S/C25H30N4O3/c1-17(2)16-29-23(21-6-4-5-7-22(21)25(29)32)26-20-10-8-19(9-11-20)24(31)28-14-12-27(13-15-28)18(3)30/h4-11,17,23,26H,12-16H2,1-3H3. The third-order valence-electron chi connectivity index (χ3n) is 6.07. The van der Waals surface area contributed by atoms with Crippen molar-refractivity contribution in [3.8, 4) is 0 Å². The molecule has 1 fully saturated rings. The molecular formula is C25H30N4O3. The highest BCUT2D eigenvalue weighted by Crippen LogP contribution is 2.35. The molecule has 7 heteroatoms. The van der Waals surface area contributed by atoms with Crippen molar-refractivity contribution >= 4 is 23.4 Å². The monoisotopic (exact) mass is 434 g/mol. The molecule has 7 nitrogen and oxygen atoms in total. The zero-order valence-corrected chi connectivity index (χ0v) is 18.9. The number of fused-ring (bicyclic) bond motifs is 1. The van der Waals surface area contributed by atoms with Gasteiger partial charge in [0, 0.05) is 62.0 Å². The largest absolute Gasteiger partial charge is 0.361 e. The first-order valence-electron chi connectivity index (χ1n) is 11.2. The SMILES string of the molecule is CC(=O)N1CCN(C(=O)c2ccc(NC3c4ccccc4C(=O)N3CC(C)C)cc2)CC1. The Labute approximate surface area is 189 Å². The normalized spacial score (nSPS) is 18.2. The number of piperazine rings is 1. The molecule has 1 N–H and O–H groups in total. The Morgan fingerprint density at radius 3 is 2.22 bits per heavy atom. The minimum atomic E-state index is -0.234. The van der Waals surface area contributed by atoms with Crippen LogP contribution in [0.2, 0.25) is 0 Å². The summed E-state index contributed by atoms with van der Waals surface area (Å²) in [6, 6.07) is 15.1. The van der Waals surface area contributed by atoms with Gasteiger partial charge in [0.1, 0.15) is 6.17 Å². The van der Waals surface area contributed by atoms with E-state index in [0.29, 0.717) is 44.2 Å². The lowest BCUT2D eigenvalue weighted by atomic mass is 10.1. The fraction of sp³-hybridized carbons (Fsp3) is 0.400. The van der Waals surface area contributed by atoms with E-state index in [1.165, 1.54) is 0 Å². The van der Waals surface area contributed by atoms with Gasteiger partial charge in [0.25, 0.3) is 11.8 Å². The van der Waals surface area contributed by atoms with Crippen LogP contribution in [0.1, 0.15) is 53.2 Å². The second-order valence-corrected chi connectivity index (χ2v) is 8.86. The molecule has 2 aliphatic rings. The quantitative estimate of drug-likeness (QED) is 0.784. The molecule has 2 aliphatic heterocycles. The predicted octanol–water partition coefficient (Wildman–Crippen LogP) is 3.21. The van der Waals surface area contributed by atoms with Gasteiger partial charge in [0.05, 0.1) is 0 Å². The number of amides is 3. The molecule has 0 aliphatic carbocycles. The van der Waals surface area contributed by atoms with Crippen LogP contribution < -0.4 is 5.32 Å². The minimum absolute atomic E-state index is 0.0254. The van der Waals surface area contributed by atoms with Crippen molar-refractivity contribution in [3.63, 3.8) is 0 Å². The molecule has 0 bridgehead atoms. The summed E-state index contributed by atoms with van der Waals surface area (Å²) in [5.41, 5.74) is 3.18. The van der Waals surface area contributed by atoms with Crippen LogP contribution in [0.3, 0.4) is 0 Å². The summed E-state index contributed by atoms with van der Waals surface area (Å²) in [5.74, 6) is 0.415. The minimum Gasteiger partial charge on any atom is -0.361 e. The average Bonchev–Trinajstić information content (AvgIpc) is 3.05. The lowest BCUT2D eigenvalue weighted by molar-refractivity contribution is -0.130. The summed E-state index contributed by atoms with van der Waals surface area (Å²) in [6.45, 7) is 8.65. The van der Waals surface area contributed by atoms with Gasteiger partial charge in [0.15, 0.2) is 0 Å². The molecule has 2 heterocycles. The molecular weight excluding hydrogens is 404 g/mol.